The summed E-state index contributed by atoms with van der Waals surface area (Å²) in [6.45, 7) is 5.07. The molecule has 3 amide bonds. The van der Waals surface area contributed by atoms with Crippen LogP contribution in [0.4, 0.5) is 0 Å². The fourth-order valence-electron chi connectivity index (χ4n) is 5.92. The Kier molecular flexibility index (Phi) is 12.7. The molecule has 2 aliphatic heterocycles. The molecule has 0 bridgehead atoms. The van der Waals surface area contributed by atoms with Gasteiger partial charge in [-0.05, 0) is 99.4 Å². The molecule has 5 rings (SSSR count). The van der Waals surface area contributed by atoms with Crippen molar-refractivity contribution >= 4 is 29.7 Å². The number of aromatic carboxylic acids is 1. The van der Waals surface area contributed by atoms with E-state index in [0.29, 0.717) is 48.5 Å². The van der Waals surface area contributed by atoms with Gasteiger partial charge in [0, 0.05) is 64.1 Å². The van der Waals surface area contributed by atoms with Crippen LogP contribution in [0.3, 0.4) is 0 Å². The lowest BCUT2D eigenvalue weighted by Gasteiger charge is -2.36. The van der Waals surface area contributed by atoms with Crippen LogP contribution >= 0.6 is 0 Å². The highest BCUT2D eigenvalue weighted by molar-refractivity contribution is 5.97. The number of rotatable bonds is 10. The van der Waals surface area contributed by atoms with E-state index in [1.54, 1.807) is 38.4 Å². The molecule has 1 spiro atoms. The maximum atomic E-state index is 12.9. The molecule has 0 unspecified atom stereocenters. The van der Waals surface area contributed by atoms with Gasteiger partial charge in [-0.15, -0.1) is 0 Å². The highest BCUT2D eigenvalue weighted by Gasteiger charge is 2.39. The summed E-state index contributed by atoms with van der Waals surface area (Å²) in [5, 5.41) is 18.9. The van der Waals surface area contributed by atoms with Crippen molar-refractivity contribution in [2.24, 2.45) is 5.41 Å². The molecule has 262 valence electrons. The van der Waals surface area contributed by atoms with Crippen molar-refractivity contribution in [3.8, 4) is 0 Å². The summed E-state index contributed by atoms with van der Waals surface area (Å²) < 4.78 is 12.9. The number of carboxylic acid groups (broad SMARTS) is 1. The third-order valence-electron chi connectivity index (χ3n) is 8.81. The number of nitrogens with zero attached hydrogens (tertiary/aromatic N) is 3. The van der Waals surface area contributed by atoms with Gasteiger partial charge >= 0.3 is 11.9 Å². The number of unbranched alkanes of at least 4 members (excludes halogenated alkanes) is 1. The number of carbonyl (C=O) groups excluding carboxylic acids is 4. The second-order valence-corrected chi connectivity index (χ2v) is 12.4. The van der Waals surface area contributed by atoms with Crippen LogP contribution in [0, 0.1) is 5.41 Å². The Morgan fingerprint density at radius 1 is 0.980 bits per heavy atom. The molecule has 0 saturated carbocycles. The third kappa shape index (κ3) is 9.32. The third-order valence-corrected chi connectivity index (χ3v) is 8.81. The standard InChI is InChI=1S/C27H36N4O5.C9H9NO3/c1-4-31-23-21(17-27(18-28-24(23)32)12-15-35-16-13-27)22(29-31)7-5-6-14-36-26(34)20-10-8-19(9-11-20)25(33)30(2)3;1-10-8(11)6-2-4-7(5-3-6)9(12)13/h8-11H,4-7,12-18H2,1-3H3,(H,28,32);2-5H,1H3,(H,10,11)(H,12,13). The van der Waals surface area contributed by atoms with Crippen LogP contribution in [-0.2, 0) is 28.9 Å². The van der Waals surface area contributed by atoms with Gasteiger partial charge in [0.2, 0.25) is 0 Å². The first-order valence-electron chi connectivity index (χ1n) is 16.5. The van der Waals surface area contributed by atoms with Crippen LogP contribution in [0.5, 0.6) is 0 Å². The highest BCUT2D eigenvalue weighted by atomic mass is 16.5. The minimum Gasteiger partial charge on any atom is -0.478 e. The Bertz CT molecular complexity index is 1640. The number of esters is 1. The summed E-state index contributed by atoms with van der Waals surface area (Å²) in [6, 6.07) is 12.2. The molecule has 3 N–H and O–H groups in total. The molecule has 1 aromatic heterocycles. The van der Waals surface area contributed by atoms with Crippen LogP contribution in [0.15, 0.2) is 48.5 Å². The van der Waals surface area contributed by atoms with Crippen molar-refractivity contribution in [2.45, 2.75) is 52.0 Å². The molecule has 1 fully saturated rings. The summed E-state index contributed by atoms with van der Waals surface area (Å²) in [5.41, 5.74) is 4.33. The number of fused-ring (bicyclic) bond motifs is 1. The first kappa shape index (κ1) is 36.8. The number of nitrogens with one attached hydrogen (secondary N) is 2. The van der Waals surface area contributed by atoms with Gasteiger partial charge in [-0.3, -0.25) is 19.1 Å². The van der Waals surface area contributed by atoms with Crippen molar-refractivity contribution in [1.29, 1.82) is 0 Å². The summed E-state index contributed by atoms with van der Waals surface area (Å²) in [4.78, 5) is 60.3. The van der Waals surface area contributed by atoms with Gasteiger partial charge < -0.3 is 30.1 Å². The van der Waals surface area contributed by atoms with Crippen molar-refractivity contribution in [1.82, 2.24) is 25.3 Å². The number of carbonyl (C=O) groups is 5. The zero-order chi connectivity index (χ0) is 35.6. The number of amides is 3. The minimum atomic E-state index is -0.997. The van der Waals surface area contributed by atoms with E-state index in [1.165, 1.54) is 36.2 Å². The summed E-state index contributed by atoms with van der Waals surface area (Å²) in [5.74, 6) is -1.78. The topological polar surface area (TPSA) is 169 Å². The van der Waals surface area contributed by atoms with E-state index in [0.717, 1.165) is 56.6 Å². The number of ether oxygens (including phenoxy) is 2. The van der Waals surface area contributed by atoms with Crippen molar-refractivity contribution < 1.29 is 38.6 Å². The quantitative estimate of drug-likeness (QED) is 0.215. The lowest BCUT2D eigenvalue weighted by Crippen LogP contribution is -2.40. The molecule has 2 aliphatic rings. The molecule has 3 heterocycles. The van der Waals surface area contributed by atoms with Crippen LogP contribution in [0.25, 0.3) is 0 Å². The van der Waals surface area contributed by atoms with Gasteiger partial charge in [0.25, 0.3) is 17.7 Å². The monoisotopic (exact) mass is 675 g/mol. The molecular weight excluding hydrogens is 630 g/mol. The first-order chi connectivity index (χ1) is 23.5. The molecule has 0 radical (unpaired) electrons. The minimum absolute atomic E-state index is 0.0255. The molecule has 2 aromatic carbocycles. The van der Waals surface area contributed by atoms with Crippen LogP contribution < -0.4 is 10.6 Å². The maximum Gasteiger partial charge on any atom is 0.338 e. The van der Waals surface area contributed by atoms with Crippen molar-refractivity contribution in [3.63, 3.8) is 0 Å². The molecule has 13 nitrogen and oxygen atoms in total. The van der Waals surface area contributed by atoms with E-state index in [2.05, 4.69) is 10.6 Å². The molecule has 3 aromatic rings. The van der Waals surface area contributed by atoms with E-state index in [-0.39, 0.29) is 28.7 Å². The predicted molar refractivity (Wildman–Crippen MR) is 181 cm³/mol. The highest BCUT2D eigenvalue weighted by Crippen LogP contribution is 2.38. The largest absolute Gasteiger partial charge is 0.478 e. The fraction of sp³-hybridized carbons (Fsp3) is 0.444. The normalized spacial score (nSPS) is 14.7. The van der Waals surface area contributed by atoms with Gasteiger partial charge in [-0.2, -0.15) is 5.10 Å². The summed E-state index contributed by atoms with van der Waals surface area (Å²) in [7, 11) is 4.89. The first-order valence-corrected chi connectivity index (χ1v) is 16.5. The van der Waals surface area contributed by atoms with Crippen LogP contribution in [-0.4, -0.2) is 97.0 Å². The maximum absolute atomic E-state index is 12.9. The molecular formula is C36H45N5O8. The second kappa shape index (κ2) is 16.9. The molecule has 0 atom stereocenters. The zero-order valence-electron chi connectivity index (χ0n) is 28.5. The predicted octanol–water partition coefficient (Wildman–Crippen LogP) is 3.61. The average molecular weight is 676 g/mol. The van der Waals surface area contributed by atoms with Crippen molar-refractivity contribution in [3.05, 3.63) is 87.7 Å². The average Bonchev–Trinajstić information content (AvgIpc) is 3.39. The Hall–Kier alpha value is -5.04. The van der Waals surface area contributed by atoms with Gasteiger partial charge in [-0.25, -0.2) is 9.59 Å². The van der Waals surface area contributed by atoms with E-state index >= 15 is 0 Å². The molecule has 13 heteroatoms. The van der Waals surface area contributed by atoms with Crippen LogP contribution in [0.1, 0.15) is 95.8 Å². The Balaban J connectivity index is 0.000000350. The molecule has 49 heavy (non-hydrogen) atoms. The van der Waals surface area contributed by atoms with Crippen molar-refractivity contribution in [2.75, 3.05) is 47.5 Å². The number of carboxylic acids is 1. The zero-order valence-corrected chi connectivity index (χ0v) is 28.5. The van der Waals surface area contributed by atoms with E-state index in [1.807, 2.05) is 11.6 Å². The lowest BCUT2D eigenvalue weighted by atomic mass is 9.75. The summed E-state index contributed by atoms with van der Waals surface area (Å²) in [6.07, 6.45) is 4.93. The van der Waals surface area contributed by atoms with Gasteiger partial charge in [-0.1, -0.05) is 0 Å². The smallest absolute Gasteiger partial charge is 0.338 e. The van der Waals surface area contributed by atoms with Gasteiger partial charge in [0.05, 0.1) is 23.4 Å². The summed E-state index contributed by atoms with van der Waals surface area (Å²) >= 11 is 0. The SMILES string of the molecule is CCn1nc(CCCCOC(=O)c2ccc(C(=O)N(C)C)cc2)c2c1C(=O)NCC1(CCOCC1)C2.CNC(=O)c1ccc(C(=O)O)cc1. The number of aromatic nitrogens is 2. The van der Waals surface area contributed by atoms with Gasteiger partial charge in [0.1, 0.15) is 5.69 Å². The molecule has 0 aliphatic carbocycles. The van der Waals surface area contributed by atoms with E-state index < -0.39 is 11.9 Å². The lowest BCUT2D eigenvalue weighted by molar-refractivity contribution is 0.0160. The fourth-order valence-corrected chi connectivity index (χ4v) is 5.92. The van der Waals surface area contributed by atoms with E-state index in [4.69, 9.17) is 19.7 Å². The number of benzene rings is 2. The number of aryl methyl sites for hydroxylation is 2. The Labute approximate surface area is 285 Å². The van der Waals surface area contributed by atoms with Crippen LogP contribution in [0.2, 0.25) is 0 Å². The number of hydrogen-bond acceptors (Lipinski definition) is 8. The Morgan fingerprint density at radius 3 is 2.18 bits per heavy atom. The molecule has 1 saturated heterocycles. The Morgan fingerprint density at radius 2 is 1.59 bits per heavy atom. The van der Waals surface area contributed by atoms with Gasteiger partial charge in [0.15, 0.2) is 0 Å². The van der Waals surface area contributed by atoms with E-state index in [9.17, 15) is 24.0 Å². The number of hydrogen-bond donors (Lipinski definition) is 3. The second-order valence-electron chi connectivity index (χ2n) is 12.4.